The maximum absolute atomic E-state index is 12.6. The van der Waals surface area contributed by atoms with Crippen LogP contribution in [0.5, 0.6) is 5.75 Å². The molecule has 28 heavy (non-hydrogen) atoms. The maximum atomic E-state index is 12.6. The number of nitrogens with zero attached hydrogens (tertiary/aromatic N) is 4. The molecule has 0 bridgehead atoms. The molecule has 1 aromatic heterocycles. The highest BCUT2D eigenvalue weighted by Gasteiger charge is 2.34. The zero-order chi connectivity index (χ0) is 21.1. The fourth-order valence-electron chi connectivity index (χ4n) is 1.94. The number of hydrogen-bond donors (Lipinski definition) is 2. The van der Waals surface area contributed by atoms with Crippen LogP contribution < -0.4 is 14.8 Å². The van der Waals surface area contributed by atoms with Gasteiger partial charge in [0.2, 0.25) is 16.0 Å². The summed E-state index contributed by atoms with van der Waals surface area (Å²) < 4.78 is 68.4. The molecule has 1 amide bonds. The summed E-state index contributed by atoms with van der Waals surface area (Å²) in [5.41, 5.74) is -1.04. The highest BCUT2D eigenvalue weighted by Crippen LogP contribution is 2.39. The molecule has 154 valence electrons. The Kier molecular flexibility index (Phi) is 6.34. The van der Waals surface area contributed by atoms with Crippen molar-refractivity contribution in [2.45, 2.75) is 26.8 Å². The zero-order valence-electron chi connectivity index (χ0n) is 14.4. The van der Waals surface area contributed by atoms with Gasteiger partial charge in [-0.15, -0.1) is 13.2 Å². The number of rotatable bonds is 7. The number of sulfonamides is 1. The predicted octanol–water partition coefficient (Wildman–Crippen LogP) is 2.26. The lowest BCUT2D eigenvalue weighted by Crippen LogP contribution is -2.22. The Hall–Kier alpha value is -2.61. The van der Waals surface area contributed by atoms with Crippen molar-refractivity contribution in [2.24, 2.45) is 0 Å². The van der Waals surface area contributed by atoms with Crippen LogP contribution in [0.25, 0.3) is 0 Å². The fraction of sp³-hybridized carbons (Fsp3) is 0.385. The Balaban J connectivity index is 2.47. The molecule has 0 aliphatic carbocycles. The molecule has 15 heteroatoms. The van der Waals surface area contributed by atoms with Crippen LogP contribution in [-0.4, -0.2) is 46.6 Å². The molecule has 0 aliphatic heterocycles. The number of aromatic nitrogens is 4. The SMILES string of the molecule is CCn1nnnc1NC(=O)c1ccc(OC(F)(F)F)c(NS(=O)(=O)CC)c1Cl. The smallest absolute Gasteiger partial charge is 0.403 e. The molecule has 0 spiro atoms. The minimum absolute atomic E-state index is 0.0325. The standard InChI is InChI=1S/C13H14ClF3N6O4S/c1-3-23-12(19-21-22-23)18-11(24)7-5-6-8(27-13(15,16)17)10(9(7)14)20-28(25,26)4-2/h5-6,20H,3-4H2,1-2H3,(H,18,19,22,24). The van der Waals surface area contributed by atoms with Gasteiger partial charge in [-0.3, -0.25) is 14.8 Å². The number of nitrogens with one attached hydrogen (secondary N) is 2. The number of carbonyl (C=O) groups excluding carboxylic acids is 1. The third-order valence-electron chi connectivity index (χ3n) is 3.27. The van der Waals surface area contributed by atoms with E-state index >= 15 is 0 Å². The number of ether oxygens (including phenoxy) is 1. The second kappa shape index (κ2) is 8.18. The summed E-state index contributed by atoms with van der Waals surface area (Å²) in [6.45, 7) is 3.30. The van der Waals surface area contributed by atoms with Crippen molar-refractivity contribution < 1.29 is 31.1 Å². The average molecular weight is 443 g/mol. The molecule has 0 atom stereocenters. The Bertz CT molecular complexity index is 979. The monoisotopic (exact) mass is 442 g/mol. The molecule has 0 aliphatic rings. The van der Waals surface area contributed by atoms with Gasteiger partial charge in [0, 0.05) is 6.54 Å². The van der Waals surface area contributed by atoms with Gasteiger partial charge < -0.3 is 4.74 Å². The number of tetrazole rings is 1. The molecule has 0 saturated carbocycles. The molecule has 1 heterocycles. The van der Waals surface area contributed by atoms with Crippen molar-refractivity contribution >= 4 is 39.2 Å². The van der Waals surface area contributed by atoms with Crippen molar-refractivity contribution in [3.63, 3.8) is 0 Å². The fourth-order valence-corrected chi connectivity index (χ4v) is 2.95. The van der Waals surface area contributed by atoms with Gasteiger partial charge in [-0.2, -0.15) is 0 Å². The molecule has 0 fully saturated rings. The number of benzene rings is 1. The number of alkyl halides is 3. The highest BCUT2D eigenvalue weighted by atomic mass is 35.5. The van der Waals surface area contributed by atoms with Crippen LogP contribution in [0.15, 0.2) is 12.1 Å². The second-order valence-electron chi connectivity index (χ2n) is 5.13. The lowest BCUT2D eigenvalue weighted by molar-refractivity contribution is -0.274. The maximum Gasteiger partial charge on any atom is 0.573 e. The second-order valence-corrected chi connectivity index (χ2v) is 7.51. The minimum Gasteiger partial charge on any atom is -0.403 e. The molecule has 0 saturated heterocycles. The first-order valence-electron chi connectivity index (χ1n) is 7.63. The van der Waals surface area contributed by atoms with E-state index in [2.05, 4.69) is 25.6 Å². The summed E-state index contributed by atoms with van der Waals surface area (Å²) >= 11 is 6.02. The molecule has 2 aromatic rings. The molecule has 1 aromatic carbocycles. The zero-order valence-corrected chi connectivity index (χ0v) is 16.0. The minimum atomic E-state index is -5.11. The number of hydrogen-bond acceptors (Lipinski definition) is 7. The van der Waals surface area contributed by atoms with Crippen LogP contribution in [-0.2, 0) is 16.6 Å². The van der Waals surface area contributed by atoms with Crippen molar-refractivity contribution in [1.82, 2.24) is 20.2 Å². The van der Waals surface area contributed by atoms with Crippen molar-refractivity contribution in [3.05, 3.63) is 22.7 Å². The summed E-state index contributed by atoms with van der Waals surface area (Å²) in [4.78, 5) is 12.4. The summed E-state index contributed by atoms with van der Waals surface area (Å²) in [5, 5.41) is 12.3. The van der Waals surface area contributed by atoms with E-state index < -0.39 is 44.5 Å². The van der Waals surface area contributed by atoms with E-state index in [1.807, 2.05) is 4.72 Å². The van der Waals surface area contributed by atoms with Crippen LogP contribution >= 0.6 is 11.6 Å². The van der Waals surface area contributed by atoms with Crippen LogP contribution in [0.3, 0.4) is 0 Å². The predicted molar refractivity (Wildman–Crippen MR) is 92.7 cm³/mol. The van der Waals surface area contributed by atoms with E-state index in [-0.39, 0.29) is 11.5 Å². The number of amides is 1. The Morgan fingerprint density at radius 1 is 1.32 bits per heavy atom. The number of anilines is 2. The van der Waals surface area contributed by atoms with Gasteiger partial charge in [-0.1, -0.05) is 16.7 Å². The number of aryl methyl sites for hydroxylation is 1. The molecule has 0 unspecified atom stereocenters. The Labute approximate surface area is 162 Å². The van der Waals surface area contributed by atoms with Gasteiger partial charge >= 0.3 is 6.36 Å². The van der Waals surface area contributed by atoms with Gasteiger partial charge in [0.1, 0.15) is 5.69 Å². The van der Waals surface area contributed by atoms with E-state index in [0.717, 1.165) is 12.1 Å². The number of halogens is 4. The first kappa shape index (κ1) is 21.7. The normalized spacial score (nSPS) is 11.9. The van der Waals surface area contributed by atoms with E-state index in [9.17, 15) is 26.4 Å². The van der Waals surface area contributed by atoms with Crippen molar-refractivity contribution in [1.29, 1.82) is 0 Å². The lowest BCUT2D eigenvalue weighted by Gasteiger charge is -2.17. The van der Waals surface area contributed by atoms with Gasteiger partial charge in [-0.05, 0) is 36.4 Å². The van der Waals surface area contributed by atoms with Crippen LogP contribution in [0, 0.1) is 0 Å². The van der Waals surface area contributed by atoms with E-state index in [1.54, 1.807) is 6.92 Å². The van der Waals surface area contributed by atoms with E-state index in [0.29, 0.717) is 6.54 Å². The highest BCUT2D eigenvalue weighted by molar-refractivity contribution is 7.92. The molecule has 2 rings (SSSR count). The average Bonchev–Trinajstić information content (AvgIpc) is 3.04. The van der Waals surface area contributed by atoms with Crippen molar-refractivity contribution in [2.75, 3.05) is 15.8 Å². The largest absolute Gasteiger partial charge is 0.573 e. The molecular weight excluding hydrogens is 429 g/mol. The molecule has 2 N–H and O–H groups in total. The van der Waals surface area contributed by atoms with Gasteiger partial charge in [0.25, 0.3) is 5.91 Å². The topological polar surface area (TPSA) is 128 Å². The van der Waals surface area contributed by atoms with Crippen LogP contribution in [0.2, 0.25) is 5.02 Å². The first-order valence-corrected chi connectivity index (χ1v) is 9.66. The quantitative estimate of drug-likeness (QED) is 0.673. The summed E-state index contributed by atoms with van der Waals surface area (Å²) in [6.07, 6.45) is -5.11. The summed E-state index contributed by atoms with van der Waals surface area (Å²) in [5.74, 6) is -2.26. The lowest BCUT2D eigenvalue weighted by atomic mass is 10.1. The van der Waals surface area contributed by atoms with Crippen molar-refractivity contribution in [3.8, 4) is 5.75 Å². The van der Waals surface area contributed by atoms with Gasteiger partial charge in [-0.25, -0.2) is 13.1 Å². The van der Waals surface area contributed by atoms with E-state index in [4.69, 9.17) is 11.6 Å². The number of carbonyl (C=O) groups is 1. The summed E-state index contributed by atoms with van der Waals surface area (Å²) in [7, 11) is -4.03. The first-order chi connectivity index (χ1) is 13.0. The molecular formula is C13H14ClF3N6O4S. The molecule has 10 nitrogen and oxygen atoms in total. The third kappa shape index (κ3) is 5.22. The Morgan fingerprint density at radius 2 is 2.00 bits per heavy atom. The molecule has 0 radical (unpaired) electrons. The van der Waals surface area contributed by atoms with Crippen LogP contribution in [0.4, 0.5) is 24.8 Å². The Morgan fingerprint density at radius 3 is 2.57 bits per heavy atom. The van der Waals surface area contributed by atoms with Crippen LogP contribution in [0.1, 0.15) is 24.2 Å². The summed E-state index contributed by atoms with van der Waals surface area (Å²) in [6, 6.07) is 1.72. The third-order valence-corrected chi connectivity index (χ3v) is 4.94. The van der Waals surface area contributed by atoms with Gasteiger partial charge in [0.15, 0.2) is 5.75 Å². The van der Waals surface area contributed by atoms with E-state index in [1.165, 1.54) is 11.6 Å². The van der Waals surface area contributed by atoms with Gasteiger partial charge in [0.05, 0.1) is 16.3 Å².